The highest BCUT2D eigenvalue weighted by Gasteiger charge is 2.40. The standard InChI is InChI=1S/C13H24O3/c1-9(11(14)16-12(2,3)4)13(5,15)8-10-6-7-10/h9-10,15H,6-8H2,1-5H3. The molecule has 1 fully saturated rings. The van der Waals surface area contributed by atoms with Crippen LogP contribution in [0.3, 0.4) is 0 Å². The Labute approximate surface area is 98.2 Å². The highest BCUT2D eigenvalue weighted by Crippen LogP contribution is 2.39. The molecule has 0 aromatic rings. The van der Waals surface area contributed by atoms with Crippen LogP contribution in [0, 0.1) is 11.8 Å². The first-order valence-corrected chi connectivity index (χ1v) is 6.07. The van der Waals surface area contributed by atoms with Gasteiger partial charge in [-0.25, -0.2) is 0 Å². The predicted molar refractivity (Wildman–Crippen MR) is 63.0 cm³/mol. The highest BCUT2D eigenvalue weighted by molar-refractivity contribution is 5.73. The van der Waals surface area contributed by atoms with E-state index in [9.17, 15) is 9.90 Å². The summed E-state index contributed by atoms with van der Waals surface area (Å²) in [5, 5.41) is 10.3. The third-order valence-electron chi connectivity index (χ3n) is 3.09. The molecule has 1 aliphatic carbocycles. The number of ether oxygens (including phenoxy) is 1. The quantitative estimate of drug-likeness (QED) is 0.752. The second kappa shape index (κ2) is 4.36. The topological polar surface area (TPSA) is 46.5 Å². The third-order valence-corrected chi connectivity index (χ3v) is 3.09. The smallest absolute Gasteiger partial charge is 0.312 e. The van der Waals surface area contributed by atoms with Gasteiger partial charge in [-0.05, 0) is 47.0 Å². The van der Waals surface area contributed by atoms with Gasteiger partial charge in [-0.2, -0.15) is 0 Å². The summed E-state index contributed by atoms with van der Waals surface area (Å²) in [6.45, 7) is 9.00. The Morgan fingerprint density at radius 1 is 1.38 bits per heavy atom. The molecule has 0 aromatic carbocycles. The molecule has 3 heteroatoms. The number of hydrogen-bond acceptors (Lipinski definition) is 3. The zero-order valence-electron chi connectivity index (χ0n) is 11.0. The molecular formula is C13H24O3. The largest absolute Gasteiger partial charge is 0.460 e. The van der Waals surface area contributed by atoms with Crippen LogP contribution in [-0.4, -0.2) is 22.3 Å². The molecular weight excluding hydrogens is 204 g/mol. The van der Waals surface area contributed by atoms with Gasteiger partial charge >= 0.3 is 5.97 Å². The minimum atomic E-state index is -0.941. The van der Waals surface area contributed by atoms with E-state index in [0.717, 1.165) is 0 Å². The maximum absolute atomic E-state index is 11.8. The molecule has 1 rings (SSSR count). The molecule has 2 atom stereocenters. The first kappa shape index (κ1) is 13.5. The molecule has 16 heavy (non-hydrogen) atoms. The first-order chi connectivity index (χ1) is 7.12. The second-order valence-corrected chi connectivity index (χ2v) is 6.26. The Balaban J connectivity index is 2.53. The Kier molecular flexibility index (Phi) is 3.68. The van der Waals surface area contributed by atoms with Crippen LogP contribution >= 0.6 is 0 Å². The van der Waals surface area contributed by atoms with Gasteiger partial charge in [-0.15, -0.1) is 0 Å². The molecule has 0 radical (unpaired) electrons. The van der Waals surface area contributed by atoms with Crippen molar-refractivity contribution in [1.29, 1.82) is 0 Å². The SMILES string of the molecule is CC(C(=O)OC(C)(C)C)C(C)(O)CC1CC1. The zero-order chi connectivity index (χ0) is 12.6. The van der Waals surface area contributed by atoms with Gasteiger partial charge < -0.3 is 9.84 Å². The van der Waals surface area contributed by atoms with Crippen LogP contribution in [0.2, 0.25) is 0 Å². The van der Waals surface area contributed by atoms with E-state index >= 15 is 0 Å². The summed E-state index contributed by atoms with van der Waals surface area (Å²) in [7, 11) is 0. The minimum absolute atomic E-state index is 0.307. The Hall–Kier alpha value is -0.570. The van der Waals surface area contributed by atoms with Crippen LogP contribution < -0.4 is 0 Å². The van der Waals surface area contributed by atoms with E-state index in [0.29, 0.717) is 12.3 Å². The van der Waals surface area contributed by atoms with Gasteiger partial charge in [0.2, 0.25) is 0 Å². The summed E-state index contributed by atoms with van der Waals surface area (Å²) in [6, 6.07) is 0. The Bertz CT molecular complexity index is 259. The molecule has 0 bridgehead atoms. The van der Waals surface area contributed by atoms with Crippen LogP contribution in [0.4, 0.5) is 0 Å². The highest BCUT2D eigenvalue weighted by atomic mass is 16.6. The lowest BCUT2D eigenvalue weighted by Gasteiger charge is -2.31. The number of carbonyl (C=O) groups is 1. The Morgan fingerprint density at radius 2 is 1.88 bits per heavy atom. The second-order valence-electron chi connectivity index (χ2n) is 6.26. The van der Waals surface area contributed by atoms with Crippen molar-refractivity contribution in [2.24, 2.45) is 11.8 Å². The van der Waals surface area contributed by atoms with Crippen LogP contribution in [0.5, 0.6) is 0 Å². The number of rotatable bonds is 4. The van der Waals surface area contributed by atoms with Gasteiger partial charge in [0.1, 0.15) is 5.60 Å². The first-order valence-electron chi connectivity index (χ1n) is 6.07. The third kappa shape index (κ3) is 4.12. The fourth-order valence-electron chi connectivity index (χ4n) is 1.73. The molecule has 2 unspecified atom stereocenters. The van der Waals surface area contributed by atoms with Crippen LogP contribution in [0.1, 0.15) is 53.9 Å². The summed E-state index contributed by atoms with van der Waals surface area (Å²) in [5.74, 6) is -0.176. The molecule has 0 saturated heterocycles. The summed E-state index contributed by atoms with van der Waals surface area (Å²) < 4.78 is 5.29. The Morgan fingerprint density at radius 3 is 2.25 bits per heavy atom. The van der Waals surface area contributed by atoms with Crippen molar-refractivity contribution in [3.8, 4) is 0 Å². The van der Waals surface area contributed by atoms with E-state index in [1.807, 2.05) is 20.8 Å². The fraction of sp³-hybridized carbons (Fsp3) is 0.923. The lowest BCUT2D eigenvalue weighted by atomic mass is 9.86. The van der Waals surface area contributed by atoms with E-state index in [-0.39, 0.29) is 5.97 Å². The summed E-state index contributed by atoms with van der Waals surface area (Å²) in [4.78, 5) is 11.8. The van der Waals surface area contributed by atoms with E-state index in [1.54, 1.807) is 13.8 Å². The van der Waals surface area contributed by atoms with E-state index < -0.39 is 17.1 Å². The van der Waals surface area contributed by atoms with Gasteiger partial charge in [0.25, 0.3) is 0 Å². The van der Waals surface area contributed by atoms with Gasteiger partial charge in [0.05, 0.1) is 11.5 Å². The van der Waals surface area contributed by atoms with Crippen molar-refractivity contribution in [1.82, 2.24) is 0 Å². The van der Waals surface area contributed by atoms with E-state index in [1.165, 1.54) is 12.8 Å². The molecule has 0 spiro atoms. The van der Waals surface area contributed by atoms with Gasteiger partial charge in [0, 0.05) is 0 Å². The predicted octanol–water partition coefficient (Wildman–Crippen LogP) is 2.52. The van der Waals surface area contributed by atoms with Gasteiger partial charge in [-0.1, -0.05) is 12.8 Å². The van der Waals surface area contributed by atoms with Crippen molar-refractivity contribution in [3.63, 3.8) is 0 Å². The maximum atomic E-state index is 11.8. The van der Waals surface area contributed by atoms with Crippen molar-refractivity contribution < 1.29 is 14.6 Å². The van der Waals surface area contributed by atoms with Crippen molar-refractivity contribution in [2.45, 2.75) is 65.1 Å². The lowest BCUT2D eigenvalue weighted by Crippen LogP contribution is -2.41. The fourth-order valence-corrected chi connectivity index (χ4v) is 1.73. The van der Waals surface area contributed by atoms with E-state index in [4.69, 9.17) is 4.74 Å². The number of esters is 1. The molecule has 1 aliphatic rings. The number of aliphatic hydroxyl groups is 1. The van der Waals surface area contributed by atoms with Gasteiger partial charge in [-0.3, -0.25) is 4.79 Å². The molecule has 1 saturated carbocycles. The summed E-state index contributed by atoms with van der Waals surface area (Å²) in [6.07, 6.45) is 3.06. The molecule has 3 nitrogen and oxygen atoms in total. The van der Waals surface area contributed by atoms with E-state index in [2.05, 4.69) is 0 Å². The summed E-state index contributed by atoms with van der Waals surface area (Å²) in [5.41, 5.74) is -1.43. The maximum Gasteiger partial charge on any atom is 0.312 e. The zero-order valence-corrected chi connectivity index (χ0v) is 11.0. The van der Waals surface area contributed by atoms with Crippen molar-refractivity contribution in [2.75, 3.05) is 0 Å². The molecule has 0 amide bonds. The van der Waals surface area contributed by atoms with Crippen LogP contribution in [0.15, 0.2) is 0 Å². The monoisotopic (exact) mass is 228 g/mol. The molecule has 0 aliphatic heterocycles. The average molecular weight is 228 g/mol. The molecule has 0 heterocycles. The average Bonchev–Trinajstić information content (AvgIpc) is 2.82. The van der Waals surface area contributed by atoms with Gasteiger partial charge in [0.15, 0.2) is 0 Å². The molecule has 94 valence electrons. The molecule has 1 N–H and O–H groups in total. The van der Waals surface area contributed by atoms with Crippen LogP contribution in [0.25, 0.3) is 0 Å². The van der Waals surface area contributed by atoms with Crippen molar-refractivity contribution >= 4 is 5.97 Å². The van der Waals surface area contributed by atoms with Crippen LogP contribution in [-0.2, 0) is 9.53 Å². The summed E-state index contributed by atoms with van der Waals surface area (Å²) >= 11 is 0. The molecule has 0 aromatic heterocycles. The number of carbonyl (C=O) groups excluding carboxylic acids is 1. The normalized spacial score (nSPS) is 22.4. The number of hydrogen-bond donors (Lipinski definition) is 1. The minimum Gasteiger partial charge on any atom is -0.460 e. The lowest BCUT2D eigenvalue weighted by molar-refractivity contribution is -0.168. The van der Waals surface area contributed by atoms with Crippen molar-refractivity contribution in [3.05, 3.63) is 0 Å².